The van der Waals surface area contributed by atoms with E-state index in [2.05, 4.69) is 20.5 Å². The van der Waals surface area contributed by atoms with Gasteiger partial charge in [0.05, 0.1) is 6.54 Å². The molecule has 0 unspecified atom stereocenters. The number of nitrogens with one attached hydrogen (secondary N) is 1. The number of pyridine rings is 1. The molecule has 2 N–H and O–H groups in total. The summed E-state index contributed by atoms with van der Waals surface area (Å²) < 4.78 is 1.72. The van der Waals surface area contributed by atoms with E-state index in [4.69, 9.17) is 16.7 Å². The van der Waals surface area contributed by atoms with Crippen molar-refractivity contribution < 1.29 is 9.90 Å². The normalized spacial score (nSPS) is 10.3. The zero-order valence-corrected chi connectivity index (χ0v) is 10.2. The number of aryl methyl sites for hydroxylation is 1. The number of halogens is 1. The van der Waals surface area contributed by atoms with Crippen LogP contribution >= 0.6 is 11.6 Å². The van der Waals surface area contributed by atoms with Gasteiger partial charge in [0.15, 0.2) is 5.82 Å². The Morgan fingerprint density at radius 2 is 2.33 bits per heavy atom. The van der Waals surface area contributed by atoms with Gasteiger partial charge in [-0.05, 0) is 12.1 Å². The Morgan fingerprint density at radius 1 is 1.56 bits per heavy atom. The Balaban J connectivity index is 2.20. The van der Waals surface area contributed by atoms with Crippen molar-refractivity contribution >= 4 is 23.4 Å². The van der Waals surface area contributed by atoms with Crippen LogP contribution in [-0.4, -0.2) is 30.8 Å². The Hall–Kier alpha value is -2.15. The molecule has 0 amide bonds. The van der Waals surface area contributed by atoms with Crippen LogP contribution in [0.4, 0.5) is 5.82 Å². The van der Waals surface area contributed by atoms with E-state index in [9.17, 15) is 4.79 Å². The molecule has 0 bridgehead atoms. The zero-order chi connectivity index (χ0) is 13.1. The smallest absolute Gasteiger partial charge is 0.339 e. The highest BCUT2D eigenvalue weighted by atomic mass is 35.5. The lowest BCUT2D eigenvalue weighted by molar-refractivity contribution is 0.0697. The van der Waals surface area contributed by atoms with Crippen LogP contribution in [0.1, 0.15) is 16.2 Å². The molecule has 2 aromatic heterocycles. The molecule has 2 aromatic rings. The number of hydrogen-bond acceptors (Lipinski definition) is 5. The lowest BCUT2D eigenvalue weighted by Crippen LogP contribution is -2.11. The van der Waals surface area contributed by atoms with Crippen molar-refractivity contribution in [3.63, 3.8) is 0 Å². The molecule has 0 aliphatic rings. The molecule has 94 valence electrons. The average molecular weight is 268 g/mol. The minimum atomic E-state index is -1.07. The second kappa shape index (κ2) is 5.01. The van der Waals surface area contributed by atoms with E-state index in [1.807, 2.05) is 0 Å². The van der Waals surface area contributed by atoms with E-state index in [-0.39, 0.29) is 16.5 Å². The monoisotopic (exact) mass is 267 g/mol. The molecule has 0 spiro atoms. The van der Waals surface area contributed by atoms with Crippen molar-refractivity contribution in [1.82, 2.24) is 19.7 Å². The molecule has 7 nitrogen and oxygen atoms in total. The van der Waals surface area contributed by atoms with Gasteiger partial charge in [-0.1, -0.05) is 11.6 Å². The van der Waals surface area contributed by atoms with Crippen molar-refractivity contribution in [2.45, 2.75) is 6.54 Å². The first-order valence-corrected chi connectivity index (χ1v) is 5.42. The molecule has 2 heterocycles. The van der Waals surface area contributed by atoms with Gasteiger partial charge in [0, 0.05) is 7.05 Å². The molecule has 18 heavy (non-hydrogen) atoms. The highest BCUT2D eigenvalue weighted by Gasteiger charge is 2.12. The third-order valence-electron chi connectivity index (χ3n) is 2.31. The van der Waals surface area contributed by atoms with Crippen molar-refractivity contribution in [3.05, 3.63) is 35.0 Å². The second-order valence-electron chi connectivity index (χ2n) is 3.55. The summed E-state index contributed by atoms with van der Waals surface area (Å²) in [6, 6.07) is 2.83. The number of hydrogen-bond donors (Lipinski definition) is 2. The maximum Gasteiger partial charge on any atom is 0.339 e. The quantitative estimate of drug-likeness (QED) is 0.808. The second-order valence-corrected chi connectivity index (χ2v) is 3.93. The van der Waals surface area contributed by atoms with Crippen LogP contribution in [0.5, 0.6) is 0 Å². The van der Waals surface area contributed by atoms with Crippen LogP contribution in [-0.2, 0) is 13.6 Å². The van der Waals surface area contributed by atoms with Gasteiger partial charge in [0.1, 0.15) is 22.9 Å². The SMILES string of the molecule is Cn1cnnc1CNc1nc(Cl)ccc1C(=O)O. The van der Waals surface area contributed by atoms with E-state index in [0.29, 0.717) is 12.4 Å². The number of aromatic carboxylic acids is 1. The van der Waals surface area contributed by atoms with Crippen molar-refractivity contribution in [3.8, 4) is 0 Å². The summed E-state index contributed by atoms with van der Waals surface area (Å²) in [5.74, 6) is -0.203. The molecule has 2 rings (SSSR count). The van der Waals surface area contributed by atoms with Crippen LogP contribution < -0.4 is 5.32 Å². The van der Waals surface area contributed by atoms with E-state index >= 15 is 0 Å². The largest absolute Gasteiger partial charge is 0.478 e. The van der Waals surface area contributed by atoms with Gasteiger partial charge in [-0.15, -0.1) is 10.2 Å². The Kier molecular flexibility index (Phi) is 3.42. The fourth-order valence-electron chi connectivity index (χ4n) is 1.37. The van der Waals surface area contributed by atoms with Gasteiger partial charge in [0.2, 0.25) is 0 Å². The number of carbonyl (C=O) groups is 1. The minimum Gasteiger partial charge on any atom is -0.478 e. The summed E-state index contributed by atoms with van der Waals surface area (Å²) in [5, 5.41) is 19.7. The molecule has 8 heteroatoms. The molecule has 0 radical (unpaired) electrons. The van der Waals surface area contributed by atoms with Crippen molar-refractivity contribution in [2.75, 3.05) is 5.32 Å². The van der Waals surface area contributed by atoms with Crippen LogP contribution in [0.25, 0.3) is 0 Å². The third kappa shape index (κ3) is 2.57. The minimum absolute atomic E-state index is 0.0570. The Bertz CT molecular complexity index is 583. The molecular formula is C10H10ClN5O2. The molecule has 0 fully saturated rings. The molecule has 0 atom stereocenters. The van der Waals surface area contributed by atoms with Crippen LogP contribution in [0.2, 0.25) is 5.15 Å². The number of carboxylic acid groups (broad SMARTS) is 1. The highest BCUT2D eigenvalue weighted by Crippen LogP contribution is 2.17. The Morgan fingerprint density at radius 3 is 2.94 bits per heavy atom. The standard InChI is InChI=1S/C10H10ClN5O2/c1-16-5-13-15-8(16)4-12-9-6(10(17)18)2-3-7(11)14-9/h2-3,5H,4H2,1H3,(H,12,14)(H,17,18). The molecule has 0 aromatic carbocycles. The van der Waals surface area contributed by atoms with Gasteiger partial charge in [-0.25, -0.2) is 9.78 Å². The molecule has 0 saturated heterocycles. The van der Waals surface area contributed by atoms with Gasteiger partial charge in [-0.2, -0.15) is 0 Å². The van der Waals surface area contributed by atoms with Crippen LogP contribution in [0.3, 0.4) is 0 Å². The number of carboxylic acids is 1. The summed E-state index contributed by atoms with van der Waals surface area (Å²) >= 11 is 5.74. The summed E-state index contributed by atoms with van der Waals surface area (Å²) in [6.45, 7) is 0.310. The molecule has 0 aliphatic heterocycles. The lowest BCUT2D eigenvalue weighted by atomic mass is 10.2. The van der Waals surface area contributed by atoms with Crippen molar-refractivity contribution in [1.29, 1.82) is 0 Å². The summed E-state index contributed by atoms with van der Waals surface area (Å²) in [6.07, 6.45) is 1.56. The average Bonchev–Trinajstić information content (AvgIpc) is 2.72. The zero-order valence-electron chi connectivity index (χ0n) is 9.46. The first kappa shape index (κ1) is 12.3. The lowest BCUT2D eigenvalue weighted by Gasteiger charge is -2.08. The van der Waals surface area contributed by atoms with Gasteiger partial charge < -0.3 is 15.0 Å². The number of anilines is 1. The van der Waals surface area contributed by atoms with Crippen molar-refractivity contribution in [2.24, 2.45) is 7.05 Å². The highest BCUT2D eigenvalue weighted by molar-refractivity contribution is 6.29. The molecular weight excluding hydrogens is 258 g/mol. The third-order valence-corrected chi connectivity index (χ3v) is 2.52. The van der Waals surface area contributed by atoms with Gasteiger partial charge >= 0.3 is 5.97 Å². The predicted molar refractivity (Wildman–Crippen MR) is 64.5 cm³/mol. The maximum absolute atomic E-state index is 11.0. The summed E-state index contributed by atoms with van der Waals surface area (Å²) in [5.41, 5.74) is 0.0570. The maximum atomic E-state index is 11.0. The van der Waals surface area contributed by atoms with E-state index in [1.54, 1.807) is 17.9 Å². The molecule has 0 saturated carbocycles. The number of aromatic nitrogens is 4. The van der Waals surface area contributed by atoms with E-state index in [0.717, 1.165) is 0 Å². The van der Waals surface area contributed by atoms with E-state index in [1.165, 1.54) is 12.1 Å². The number of rotatable bonds is 4. The first-order chi connectivity index (χ1) is 8.58. The topological polar surface area (TPSA) is 92.9 Å². The summed E-state index contributed by atoms with van der Waals surface area (Å²) in [4.78, 5) is 14.9. The summed E-state index contributed by atoms with van der Waals surface area (Å²) in [7, 11) is 1.79. The van der Waals surface area contributed by atoms with Crippen LogP contribution in [0.15, 0.2) is 18.5 Å². The molecule has 0 aliphatic carbocycles. The predicted octanol–water partition coefficient (Wildman–Crippen LogP) is 1.17. The van der Waals surface area contributed by atoms with Gasteiger partial charge in [0.25, 0.3) is 0 Å². The number of nitrogens with zero attached hydrogens (tertiary/aromatic N) is 4. The first-order valence-electron chi connectivity index (χ1n) is 5.04. The fraction of sp³-hybridized carbons (Fsp3) is 0.200. The van der Waals surface area contributed by atoms with Crippen LogP contribution in [0, 0.1) is 0 Å². The Labute approximate surface area is 107 Å². The fourth-order valence-corrected chi connectivity index (χ4v) is 1.52. The van der Waals surface area contributed by atoms with E-state index < -0.39 is 5.97 Å². The van der Waals surface area contributed by atoms with Gasteiger partial charge in [-0.3, -0.25) is 0 Å².